The normalized spacial score (nSPS) is 15.7. The third-order valence-corrected chi connectivity index (χ3v) is 4.67. The van der Waals surface area contributed by atoms with Crippen LogP contribution < -0.4 is 10.6 Å². The molecule has 116 valence electrons. The highest BCUT2D eigenvalue weighted by Gasteiger charge is 2.12. The zero-order chi connectivity index (χ0) is 14.9. The first-order valence-electron chi connectivity index (χ1n) is 8.00. The Balaban J connectivity index is 1.55. The number of benzene rings is 1. The molecule has 0 unspecified atom stereocenters. The van der Waals surface area contributed by atoms with Crippen molar-refractivity contribution in [3.05, 3.63) is 34.9 Å². The fourth-order valence-electron chi connectivity index (χ4n) is 2.94. The summed E-state index contributed by atoms with van der Waals surface area (Å²) in [7, 11) is 0. The van der Waals surface area contributed by atoms with Crippen LogP contribution in [0.15, 0.2) is 24.3 Å². The molecule has 0 amide bonds. The van der Waals surface area contributed by atoms with Crippen LogP contribution >= 0.6 is 23.8 Å². The van der Waals surface area contributed by atoms with Crippen molar-refractivity contribution in [2.45, 2.75) is 44.9 Å². The van der Waals surface area contributed by atoms with Crippen LogP contribution in [0.3, 0.4) is 0 Å². The maximum atomic E-state index is 5.97. The van der Waals surface area contributed by atoms with E-state index < -0.39 is 0 Å². The van der Waals surface area contributed by atoms with E-state index in [-0.39, 0.29) is 0 Å². The van der Waals surface area contributed by atoms with Crippen LogP contribution in [-0.2, 0) is 6.42 Å². The number of rotatable bonds is 6. The van der Waals surface area contributed by atoms with Crippen molar-refractivity contribution in [3.63, 3.8) is 0 Å². The molecule has 0 spiro atoms. The minimum Gasteiger partial charge on any atom is -0.363 e. The summed E-state index contributed by atoms with van der Waals surface area (Å²) in [5, 5.41) is 8.15. The summed E-state index contributed by atoms with van der Waals surface area (Å²) >= 11 is 11.3. The van der Waals surface area contributed by atoms with Crippen molar-refractivity contribution in [2.75, 3.05) is 13.1 Å². The van der Waals surface area contributed by atoms with Crippen molar-refractivity contribution in [1.29, 1.82) is 0 Å². The maximum absolute atomic E-state index is 5.97. The lowest BCUT2D eigenvalue weighted by molar-refractivity contribution is 0.339. The molecule has 2 N–H and O–H groups in total. The van der Waals surface area contributed by atoms with Gasteiger partial charge in [0.1, 0.15) is 0 Å². The molecule has 21 heavy (non-hydrogen) atoms. The molecule has 0 aliphatic heterocycles. The monoisotopic (exact) mass is 324 g/mol. The van der Waals surface area contributed by atoms with Crippen LogP contribution in [0.1, 0.15) is 44.1 Å². The first-order valence-corrected chi connectivity index (χ1v) is 8.79. The molecular formula is C17H25ClN2S. The molecule has 2 rings (SSSR count). The van der Waals surface area contributed by atoms with E-state index in [4.69, 9.17) is 23.8 Å². The first kappa shape index (κ1) is 16.6. The molecule has 1 aromatic carbocycles. The van der Waals surface area contributed by atoms with E-state index in [1.54, 1.807) is 0 Å². The molecule has 0 saturated heterocycles. The third kappa shape index (κ3) is 6.66. The fraction of sp³-hybridized carbons (Fsp3) is 0.588. The zero-order valence-electron chi connectivity index (χ0n) is 12.5. The van der Waals surface area contributed by atoms with E-state index in [0.29, 0.717) is 0 Å². The van der Waals surface area contributed by atoms with Gasteiger partial charge in [0.05, 0.1) is 0 Å². The van der Waals surface area contributed by atoms with Gasteiger partial charge in [0.2, 0.25) is 0 Å². The molecule has 0 radical (unpaired) electrons. The first-order chi connectivity index (χ1) is 10.2. The van der Waals surface area contributed by atoms with E-state index in [2.05, 4.69) is 16.7 Å². The Morgan fingerprint density at radius 2 is 1.90 bits per heavy atom. The van der Waals surface area contributed by atoms with Gasteiger partial charge < -0.3 is 10.6 Å². The van der Waals surface area contributed by atoms with Crippen LogP contribution in [0.25, 0.3) is 0 Å². The van der Waals surface area contributed by atoms with Crippen LogP contribution in [0.2, 0.25) is 5.02 Å². The molecule has 1 saturated carbocycles. The Morgan fingerprint density at radius 3 is 2.67 bits per heavy atom. The van der Waals surface area contributed by atoms with Crippen LogP contribution in [-0.4, -0.2) is 18.2 Å². The van der Waals surface area contributed by atoms with Crippen LogP contribution in [0.5, 0.6) is 0 Å². The summed E-state index contributed by atoms with van der Waals surface area (Å²) < 4.78 is 0. The molecule has 1 aliphatic carbocycles. The van der Waals surface area contributed by atoms with Gasteiger partial charge in [-0.2, -0.15) is 0 Å². The minimum absolute atomic E-state index is 0.771. The van der Waals surface area contributed by atoms with E-state index in [1.807, 2.05) is 18.2 Å². The van der Waals surface area contributed by atoms with Crippen LogP contribution in [0.4, 0.5) is 0 Å². The number of thiocarbonyl (C=S) groups is 1. The smallest absolute Gasteiger partial charge is 0.166 e. The highest BCUT2D eigenvalue weighted by molar-refractivity contribution is 7.80. The average molecular weight is 325 g/mol. The lowest BCUT2D eigenvalue weighted by atomic mass is 9.87. The molecule has 1 aromatic rings. The second-order valence-electron chi connectivity index (χ2n) is 5.86. The largest absolute Gasteiger partial charge is 0.363 e. The van der Waals surface area contributed by atoms with Gasteiger partial charge in [-0.25, -0.2) is 0 Å². The fourth-order valence-corrected chi connectivity index (χ4v) is 3.36. The number of hydrogen-bond donors (Lipinski definition) is 2. The van der Waals surface area contributed by atoms with Crippen molar-refractivity contribution >= 4 is 28.9 Å². The molecule has 2 nitrogen and oxygen atoms in total. The number of nitrogens with one attached hydrogen (secondary N) is 2. The highest BCUT2D eigenvalue weighted by atomic mass is 35.5. The standard InChI is InChI=1S/C17H25ClN2S/c18-16-8-4-7-15(13-16)10-12-20-17(21)19-11-9-14-5-2-1-3-6-14/h4,7-8,13-14H,1-3,5-6,9-12H2,(H2,19,20,21). The van der Waals surface area contributed by atoms with Gasteiger partial charge >= 0.3 is 0 Å². The summed E-state index contributed by atoms with van der Waals surface area (Å²) in [5.41, 5.74) is 1.24. The average Bonchev–Trinajstić information content (AvgIpc) is 2.48. The summed E-state index contributed by atoms with van der Waals surface area (Å²) in [4.78, 5) is 0. The Bertz CT molecular complexity index is 444. The van der Waals surface area contributed by atoms with Gasteiger partial charge in [-0.1, -0.05) is 55.8 Å². The molecule has 0 aromatic heterocycles. The van der Waals surface area contributed by atoms with Crippen molar-refractivity contribution < 1.29 is 0 Å². The number of halogens is 1. The second-order valence-corrected chi connectivity index (χ2v) is 6.70. The van der Waals surface area contributed by atoms with Gasteiger partial charge in [0.25, 0.3) is 0 Å². The van der Waals surface area contributed by atoms with Gasteiger partial charge in [-0.3, -0.25) is 0 Å². The SMILES string of the molecule is S=C(NCCc1cccc(Cl)c1)NCCC1CCCCC1. The van der Waals surface area contributed by atoms with Gasteiger partial charge in [0.15, 0.2) is 5.11 Å². The molecule has 0 atom stereocenters. The zero-order valence-corrected chi connectivity index (χ0v) is 14.1. The maximum Gasteiger partial charge on any atom is 0.166 e. The lowest BCUT2D eigenvalue weighted by Gasteiger charge is -2.21. The summed E-state index contributed by atoms with van der Waals surface area (Å²) in [5.74, 6) is 0.903. The van der Waals surface area contributed by atoms with Gasteiger partial charge in [-0.15, -0.1) is 0 Å². The molecule has 4 heteroatoms. The van der Waals surface area contributed by atoms with Crippen LogP contribution in [0, 0.1) is 5.92 Å². The molecule has 0 bridgehead atoms. The lowest BCUT2D eigenvalue weighted by Crippen LogP contribution is -2.37. The van der Waals surface area contributed by atoms with Gasteiger partial charge in [-0.05, 0) is 48.7 Å². The third-order valence-electron chi connectivity index (χ3n) is 4.15. The summed E-state index contributed by atoms with van der Waals surface area (Å²) in [6, 6.07) is 7.98. The molecule has 1 fully saturated rings. The molecule has 1 aliphatic rings. The quantitative estimate of drug-likeness (QED) is 0.762. The Labute approximate surface area is 138 Å². The number of hydrogen-bond acceptors (Lipinski definition) is 1. The van der Waals surface area contributed by atoms with Crippen molar-refractivity contribution in [2.24, 2.45) is 5.92 Å². The predicted octanol–water partition coefficient (Wildman–Crippen LogP) is 4.32. The van der Waals surface area contributed by atoms with E-state index >= 15 is 0 Å². The van der Waals surface area contributed by atoms with Crippen molar-refractivity contribution in [3.8, 4) is 0 Å². The molecular weight excluding hydrogens is 300 g/mol. The summed E-state index contributed by atoms with van der Waals surface area (Å²) in [6.45, 7) is 1.84. The Kier molecular flexibility index (Phi) is 7.31. The second kappa shape index (κ2) is 9.26. The van der Waals surface area contributed by atoms with E-state index in [0.717, 1.165) is 35.6 Å². The Morgan fingerprint density at radius 1 is 1.14 bits per heavy atom. The Hall–Kier alpha value is -0.800. The minimum atomic E-state index is 0.771. The highest BCUT2D eigenvalue weighted by Crippen LogP contribution is 2.25. The summed E-state index contributed by atoms with van der Waals surface area (Å²) in [6.07, 6.45) is 9.22. The van der Waals surface area contributed by atoms with E-state index in [1.165, 1.54) is 44.1 Å². The van der Waals surface area contributed by atoms with Gasteiger partial charge in [0, 0.05) is 18.1 Å². The van der Waals surface area contributed by atoms with Crippen molar-refractivity contribution in [1.82, 2.24) is 10.6 Å². The molecule has 0 heterocycles. The predicted molar refractivity (Wildman–Crippen MR) is 95.0 cm³/mol. The van der Waals surface area contributed by atoms with E-state index in [9.17, 15) is 0 Å². The topological polar surface area (TPSA) is 24.1 Å².